The molecule has 1 fully saturated rings. The number of piperidine rings is 1. The summed E-state index contributed by atoms with van der Waals surface area (Å²) in [5.74, 6) is 2.40. The maximum atomic E-state index is 10.8. The molecule has 0 aromatic heterocycles. The molecule has 1 aromatic carbocycles. The molecule has 0 saturated carbocycles. The number of aliphatic hydroxyl groups is 2. The summed E-state index contributed by atoms with van der Waals surface area (Å²) in [6, 6.07) is 9.81. The van der Waals surface area contributed by atoms with Crippen LogP contribution in [0.2, 0.25) is 0 Å². The standard InChI is InChI=1S/C23H33N5O2/c1-4-18(16(2)3)22-27-20(25-13-17-8-6-5-7-9-17)12-21(28-22)26-19-14-24-11-10-23(19,30)15-29/h4-9,12,16,19,24-25,27,29-30H,1,10-11,13-15H2,2-3H3,(H,26,28)/b22-18-/t19?,23-/m0/s1. The highest BCUT2D eigenvalue weighted by Crippen LogP contribution is 2.21. The summed E-state index contributed by atoms with van der Waals surface area (Å²) in [5, 5.41) is 33.9. The zero-order valence-corrected chi connectivity index (χ0v) is 17.8. The molecule has 0 amide bonds. The van der Waals surface area contributed by atoms with Gasteiger partial charge in [-0.1, -0.05) is 56.8 Å². The molecule has 0 radical (unpaired) electrons. The Morgan fingerprint density at radius 1 is 1.37 bits per heavy atom. The monoisotopic (exact) mass is 411 g/mol. The van der Waals surface area contributed by atoms with Crippen molar-refractivity contribution in [2.45, 2.75) is 38.5 Å². The lowest BCUT2D eigenvalue weighted by atomic mass is 9.88. The average Bonchev–Trinajstić information content (AvgIpc) is 2.75. The van der Waals surface area contributed by atoms with Gasteiger partial charge in [0.05, 0.1) is 12.6 Å². The maximum Gasteiger partial charge on any atom is 0.137 e. The second kappa shape index (κ2) is 9.93. The van der Waals surface area contributed by atoms with Crippen molar-refractivity contribution in [3.63, 3.8) is 0 Å². The van der Waals surface area contributed by atoms with E-state index in [4.69, 9.17) is 4.99 Å². The molecule has 1 saturated heterocycles. The first kappa shape index (κ1) is 22.1. The fraction of sp³-hybridized carbons (Fsp3) is 0.435. The van der Waals surface area contributed by atoms with E-state index in [1.165, 1.54) is 5.56 Å². The quantitative estimate of drug-likeness (QED) is 0.405. The lowest BCUT2D eigenvalue weighted by molar-refractivity contribution is -0.0562. The third-order valence-electron chi connectivity index (χ3n) is 5.54. The largest absolute Gasteiger partial charge is 0.393 e. The zero-order valence-electron chi connectivity index (χ0n) is 17.8. The molecule has 1 unspecified atom stereocenters. The van der Waals surface area contributed by atoms with Crippen LogP contribution in [0, 0.1) is 5.92 Å². The van der Waals surface area contributed by atoms with Crippen LogP contribution in [0.5, 0.6) is 0 Å². The average molecular weight is 412 g/mol. The summed E-state index contributed by atoms with van der Waals surface area (Å²) in [7, 11) is 0. The molecular weight excluding hydrogens is 378 g/mol. The van der Waals surface area contributed by atoms with Gasteiger partial charge in [-0.3, -0.25) is 0 Å². The van der Waals surface area contributed by atoms with E-state index in [2.05, 4.69) is 53.8 Å². The van der Waals surface area contributed by atoms with Crippen molar-refractivity contribution in [3.8, 4) is 0 Å². The molecule has 30 heavy (non-hydrogen) atoms. The Kier molecular flexibility index (Phi) is 7.31. The van der Waals surface area contributed by atoms with E-state index in [9.17, 15) is 10.2 Å². The van der Waals surface area contributed by atoms with Crippen LogP contribution in [0.3, 0.4) is 0 Å². The van der Waals surface area contributed by atoms with Gasteiger partial charge >= 0.3 is 0 Å². The first-order valence-electron chi connectivity index (χ1n) is 10.5. The van der Waals surface area contributed by atoms with Crippen molar-refractivity contribution >= 4 is 5.84 Å². The van der Waals surface area contributed by atoms with Crippen LogP contribution in [0.1, 0.15) is 25.8 Å². The van der Waals surface area contributed by atoms with E-state index in [1.807, 2.05) is 30.4 Å². The SMILES string of the molecule is C=C/C(=C1/N=C(NC2CNCC[C@]2(O)CO)C=C(NCc2ccccc2)N1)C(C)C. The van der Waals surface area contributed by atoms with Crippen LogP contribution in [-0.4, -0.2) is 47.4 Å². The number of nitrogens with one attached hydrogen (secondary N) is 4. The Morgan fingerprint density at radius 2 is 2.13 bits per heavy atom. The van der Waals surface area contributed by atoms with E-state index >= 15 is 0 Å². The number of amidine groups is 1. The molecule has 7 nitrogen and oxygen atoms in total. The molecule has 1 aromatic rings. The second-order valence-corrected chi connectivity index (χ2v) is 8.09. The van der Waals surface area contributed by atoms with Crippen LogP contribution < -0.4 is 21.3 Å². The molecule has 0 bridgehead atoms. The Bertz CT molecular complexity index is 831. The molecule has 2 aliphatic rings. The van der Waals surface area contributed by atoms with E-state index in [-0.39, 0.29) is 18.6 Å². The summed E-state index contributed by atoms with van der Waals surface area (Å²) in [6.07, 6.45) is 4.18. The van der Waals surface area contributed by atoms with Crippen molar-refractivity contribution in [1.29, 1.82) is 0 Å². The number of aliphatic imine (C=N–C) groups is 1. The minimum atomic E-state index is -1.19. The molecule has 6 N–H and O–H groups in total. The topological polar surface area (TPSA) is 101 Å². The van der Waals surface area contributed by atoms with Crippen LogP contribution in [-0.2, 0) is 6.54 Å². The maximum absolute atomic E-state index is 10.8. The lowest BCUT2D eigenvalue weighted by Gasteiger charge is -2.40. The molecule has 3 rings (SSSR count). The van der Waals surface area contributed by atoms with Gasteiger partial charge in [-0.15, -0.1) is 0 Å². The van der Waals surface area contributed by atoms with Gasteiger partial charge in [0.15, 0.2) is 0 Å². The zero-order chi connectivity index (χ0) is 21.6. The predicted octanol–water partition coefficient (Wildman–Crippen LogP) is 1.35. The number of hydrogen-bond donors (Lipinski definition) is 6. The Hall–Kier alpha value is -2.61. The van der Waals surface area contributed by atoms with Gasteiger partial charge in [-0.05, 0) is 30.0 Å². The van der Waals surface area contributed by atoms with Crippen molar-refractivity contribution in [2.24, 2.45) is 10.9 Å². The highest BCUT2D eigenvalue weighted by Gasteiger charge is 2.39. The van der Waals surface area contributed by atoms with Gasteiger partial charge in [-0.2, -0.15) is 0 Å². The highest BCUT2D eigenvalue weighted by atomic mass is 16.3. The fourth-order valence-electron chi connectivity index (χ4n) is 3.65. The van der Waals surface area contributed by atoms with Crippen LogP contribution in [0.25, 0.3) is 0 Å². The Labute approximate surface area is 178 Å². The summed E-state index contributed by atoms with van der Waals surface area (Å²) in [5.41, 5.74) is 0.982. The minimum Gasteiger partial charge on any atom is -0.393 e. The molecule has 2 heterocycles. The fourth-order valence-corrected chi connectivity index (χ4v) is 3.65. The van der Waals surface area contributed by atoms with E-state index in [1.54, 1.807) is 0 Å². The number of nitrogens with zero attached hydrogens (tertiary/aromatic N) is 1. The van der Waals surface area contributed by atoms with Gasteiger partial charge in [0, 0.05) is 19.2 Å². The van der Waals surface area contributed by atoms with Gasteiger partial charge in [0.2, 0.25) is 0 Å². The number of benzene rings is 1. The van der Waals surface area contributed by atoms with Gasteiger partial charge in [0.25, 0.3) is 0 Å². The number of hydrogen-bond acceptors (Lipinski definition) is 7. The van der Waals surface area contributed by atoms with Crippen LogP contribution in [0.4, 0.5) is 0 Å². The first-order valence-corrected chi connectivity index (χ1v) is 10.5. The Morgan fingerprint density at radius 3 is 2.80 bits per heavy atom. The molecule has 0 spiro atoms. The summed E-state index contributed by atoms with van der Waals surface area (Å²) in [6.45, 7) is 9.71. The minimum absolute atomic E-state index is 0.245. The second-order valence-electron chi connectivity index (χ2n) is 8.09. The van der Waals surface area contributed by atoms with Gasteiger partial charge in [0.1, 0.15) is 23.1 Å². The first-order chi connectivity index (χ1) is 14.4. The van der Waals surface area contributed by atoms with Gasteiger partial charge in [-0.25, -0.2) is 4.99 Å². The summed E-state index contributed by atoms with van der Waals surface area (Å²) < 4.78 is 0. The van der Waals surface area contributed by atoms with Crippen LogP contribution in [0.15, 0.2) is 71.3 Å². The molecule has 162 valence electrons. The lowest BCUT2D eigenvalue weighted by Crippen LogP contribution is -2.63. The van der Waals surface area contributed by atoms with Crippen molar-refractivity contribution in [1.82, 2.24) is 21.3 Å². The molecular formula is C23H33N5O2. The number of allylic oxidation sites excluding steroid dienone is 2. The molecule has 2 atom stereocenters. The van der Waals surface area contributed by atoms with E-state index in [0.29, 0.717) is 31.9 Å². The van der Waals surface area contributed by atoms with E-state index < -0.39 is 5.60 Å². The third kappa shape index (κ3) is 5.30. The number of aliphatic hydroxyl groups excluding tert-OH is 1. The smallest absolute Gasteiger partial charge is 0.137 e. The Balaban J connectivity index is 1.85. The third-order valence-corrected chi connectivity index (χ3v) is 5.54. The summed E-state index contributed by atoms with van der Waals surface area (Å²) in [4.78, 5) is 4.74. The van der Waals surface area contributed by atoms with Gasteiger partial charge < -0.3 is 31.5 Å². The van der Waals surface area contributed by atoms with Crippen molar-refractivity contribution < 1.29 is 10.2 Å². The number of rotatable bonds is 7. The van der Waals surface area contributed by atoms with Crippen molar-refractivity contribution in [3.05, 3.63) is 71.8 Å². The normalized spacial score (nSPS) is 25.7. The molecule has 7 heteroatoms. The summed E-state index contributed by atoms with van der Waals surface area (Å²) >= 11 is 0. The highest BCUT2D eigenvalue weighted by molar-refractivity contribution is 5.95. The molecule has 0 aliphatic carbocycles. The van der Waals surface area contributed by atoms with Crippen molar-refractivity contribution in [2.75, 3.05) is 19.7 Å². The molecule has 2 aliphatic heterocycles. The van der Waals surface area contributed by atoms with Crippen LogP contribution >= 0.6 is 0 Å². The predicted molar refractivity (Wildman–Crippen MR) is 120 cm³/mol. The van der Waals surface area contributed by atoms with E-state index in [0.717, 1.165) is 17.2 Å².